The minimum absolute atomic E-state index is 0.270. The zero-order valence-corrected chi connectivity index (χ0v) is 8.19. The fraction of sp³-hybridized carbons (Fsp3) is 0.0909. The van der Waals surface area contributed by atoms with Crippen LogP contribution in [0, 0.1) is 23.0 Å². The summed E-state index contributed by atoms with van der Waals surface area (Å²) < 4.78 is 28.0. The summed E-state index contributed by atoms with van der Waals surface area (Å²) in [6.45, 7) is 0.270. The first-order valence-electron chi connectivity index (χ1n) is 4.56. The van der Waals surface area contributed by atoms with Crippen LogP contribution >= 0.6 is 0 Å². The zero-order valence-electron chi connectivity index (χ0n) is 8.19. The maximum atomic E-state index is 13.2. The fourth-order valence-electron chi connectivity index (χ4n) is 1.40. The molecule has 0 saturated carbocycles. The molecule has 2 aromatic rings. The van der Waals surface area contributed by atoms with Crippen molar-refractivity contribution in [2.24, 2.45) is 0 Å². The third kappa shape index (κ3) is 1.91. The van der Waals surface area contributed by atoms with Gasteiger partial charge in [-0.25, -0.2) is 8.78 Å². The molecule has 2 rings (SSSR count). The molecule has 0 saturated heterocycles. The molecule has 0 N–H and O–H groups in total. The molecule has 3 nitrogen and oxygen atoms in total. The van der Waals surface area contributed by atoms with E-state index in [9.17, 15) is 8.78 Å². The van der Waals surface area contributed by atoms with Gasteiger partial charge in [-0.05, 0) is 23.8 Å². The van der Waals surface area contributed by atoms with Gasteiger partial charge in [-0.3, -0.25) is 4.68 Å². The van der Waals surface area contributed by atoms with Crippen molar-refractivity contribution in [2.75, 3.05) is 0 Å². The van der Waals surface area contributed by atoms with Crippen molar-refractivity contribution >= 4 is 0 Å². The maximum Gasteiger partial charge on any atom is 0.144 e. The Balaban J connectivity index is 2.34. The molecule has 0 aliphatic heterocycles. The maximum absolute atomic E-state index is 13.2. The summed E-state index contributed by atoms with van der Waals surface area (Å²) in [5.74, 6) is -1.69. The van der Waals surface area contributed by atoms with E-state index < -0.39 is 17.2 Å². The number of benzene rings is 1. The van der Waals surface area contributed by atoms with Crippen LogP contribution < -0.4 is 0 Å². The zero-order chi connectivity index (χ0) is 11.5. The highest BCUT2D eigenvalue weighted by Crippen LogP contribution is 2.15. The second-order valence-electron chi connectivity index (χ2n) is 3.25. The van der Waals surface area contributed by atoms with Crippen molar-refractivity contribution < 1.29 is 8.78 Å². The van der Waals surface area contributed by atoms with Crippen LogP contribution in [-0.4, -0.2) is 9.78 Å². The molecular formula is C11H7F2N3. The normalized spacial score (nSPS) is 10.1. The lowest BCUT2D eigenvalue weighted by molar-refractivity contribution is 0.568. The number of rotatable bonds is 2. The second-order valence-corrected chi connectivity index (χ2v) is 3.25. The third-order valence-corrected chi connectivity index (χ3v) is 2.12. The monoisotopic (exact) mass is 219 g/mol. The van der Waals surface area contributed by atoms with Gasteiger partial charge in [0, 0.05) is 12.4 Å². The van der Waals surface area contributed by atoms with Crippen LogP contribution in [-0.2, 0) is 6.54 Å². The summed E-state index contributed by atoms with van der Waals surface area (Å²) in [5.41, 5.74) is -0.123. The van der Waals surface area contributed by atoms with Gasteiger partial charge < -0.3 is 0 Å². The summed E-state index contributed by atoms with van der Waals surface area (Å²) in [7, 11) is 0. The molecule has 0 aliphatic carbocycles. The Hall–Kier alpha value is -2.22. The molecular weight excluding hydrogens is 212 g/mol. The number of halogens is 2. The van der Waals surface area contributed by atoms with Gasteiger partial charge in [0.2, 0.25) is 0 Å². The van der Waals surface area contributed by atoms with Gasteiger partial charge in [0.05, 0.1) is 6.54 Å². The number of nitriles is 1. The van der Waals surface area contributed by atoms with Crippen molar-refractivity contribution in [1.82, 2.24) is 9.78 Å². The lowest BCUT2D eigenvalue weighted by Gasteiger charge is -2.03. The van der Waals surface area contributed by atoms with E-state index in [1.807, 2.05) is 0 Å². The largest absolute Gasteiger partial charge is 0.268 e. The average molecular weight is 219 g/mol. The van der Waals surface area contributed by atoms with Gasteiger partial charge in [-0.15, -0.1) is 0 Å². The Morgan fingerprint density at radius 3 is 2.50 bits per heavy atom. The number of nitrogens with zero attached hydrogens (tertiary/aromatic N) is 3. The molecule has 1 heterocycles. The van der Waals surface area contributed by atoms with E-state index in [0.29, 0.717) is 5.56 Å². The van der Waals surface area contributed by atoms with Gasteiger partial charge in [-0.2, -0.15) is 10.4 Å². The van der Waals surface area contributed by atoms with Crippen LogP contribution in [0.3, 0.4) is 0 Å². The summed E-state index contributed by atoms with van der Waals surface area (Å²) in [5, 5.41) is 12.4. The standard InChI is InChI=1S/C11H7F2N3/c12-10-4-8(5-11(13)9(10)6-14)7-16-3-1-2-15-16/h1-5H,7H2. The molecule has 0 atom stereocenters. The van der Waals surface area contributed by atoms with Crippen LogP contribution in [0.2, 0.25) is 0 Å². The van der Waals surface area contributed by atoms with E-state index in [-0.39, 0.29) is 6.54 Å². The smallest absolute Gasteiger partial charge is 0.144 e. The van der Waals surface area contributed by atoms with Crippen molar-refractivity contribution in [3.05, 3.63) is 53.4 Å². The molecule has 0 unspecified atom stereocenters. The van der Waals surface area contributed by atoms with Crippen LogP contribution in [0.15, 0.2) is 30.6 Å². The Bertz CT molecular complexity index is 518. The average Bonchev–Trinajstić information content (AvgIpc) is 2.70. The minimum Gasteiger partial charge on any atom is -0.268 e. The fourth-order valence-corrected chi connectivity index (χ4v) is 1.40. The van der Waals surface area contributed by atoms with E-state index in [2.05, 4.69) is 5.10 Å². The number of hydrogen-bond acceptors (Lipinski definition) is 2. The van der Waals surface area contributed by atoms with Crippen molar-refractivity contribution in [2.45, 2.75) is 6.54 Å². The van der Waals surface area contributed by atoms with Crippen LogP contribution in [0.4, 0.5) is 8.78 Å². The van der Waals surface area contributed by atoms with E-state index in [4.69, 9.17) is 5.26 Å². The molecule has 1 aromatic carbocycles. The minimum atomic E-state index is -0.843. The van der Waals surface area contributed by atoms with E-state index in [1.54, 1.807) is 23.1 Å². The molecule has 0 fully saturated rings. The van der Waals surface area contributed by atoms with Gasteiger partial charge in [0.1, 0.15) is 23.3 Å². The molecule has 5 heteroatoms. The highest BCUT2D eigenvalue weighted by atomic mass is 19.1. The Kier molecular flexibility index (Phi) is 2.64. The summed E-state index contributed by atoms with van der Waals surface area (Å²) >= 11 is 0. The molecule has 0 amide bonds. The Labute approximate surface area is 90.5 Å². The van der Waals surface area contributed by atoms with Gasteiger partial charge in [0.25, 0.3) is 0 Å². The molecule has 1 aromatic heterocycles. The summed E-state index contributed by atoms with van der Waals surface area (Å²) in [6, 6.07) is 5.48. The highest BCUT2D eigenvalue weighted by molar-refractivity contribution is 5.35. The third-order valence-electron chi connectivity index (χ3n) is 2.12. The van der Waals surface area contributed by atoms with Crippen molar-refractivity contribution in [3.63, 3.8) is 0 Å². The number of hydrogen-bond donors (Lipinski definition) is 0. The molecule has 0 spiro atoms. The quantitative estimate of drug-likeness (QED) is 0.775. The van der Waals surface area contributed by atoms with Crippen molar-refractivity contribution in [3.8, 4) is 6.07 Å². The predicted molar refractivity (Wildman–Crippen MR) is 52.4 cm³/mol. The molecule has 0 bridgehead atoms. The molecule has 0 aliphatic rings. The Morgan fingerprint density at radius 1 is 1.31 bits per heavy atom. The predicted octanol–water partition coefficient (Wildman–Crippen LogP) is 2.08. The lowest BCUT2D eigenvalue weighted by atomic mass is 10.1. The SMILES string of the molecule is N#Cc1c(F)cc(Cn2cccn2)cc1F. The first-order valence-corrected chi connectivity index (χ1v) is 4.56. The van der Waals surface area contributed by atoms with E-state index in [0.717, 1.165) is 12.1 Å². The summed E-state index contributed by atoms with van der Waals surface area (Å²) in [6.07, 6.45) is 3.27. The lowest BCUT2D eigenvalue weighted by Crippen LogP contribution is -2.02. The highest BCUT2D eigenvalue weighted by Gasteiger charge is 2.10. The van der Waals surface area contributed by atoms with Crippen LogP contribution in [0.1, 0.15) is 11.1 Å². The number of aromatic nitrogens is 2. The molecule has 16 heavy (non-hydrogen) atoms. The van der Waals surface area contributed by atoms with Gasteiger partial charge >= 0.3 is 0 Å². The van der Waals surface area contributed by atoms with Gasteiger partial charge in [0.15, 0.2) is 0 Å². The van der Waals surface area contributed by atoms with Crippen LogP contribution in [0.5, 0.6) is 0 Å². The van der Waals surface area contributed by atoms with Crippen molar-refractivity contribution in [1.29, 1.82) is 5.26 Å². The first-order chi connectivity index (χ1) is 7.70. The van der Waals surface area contributed by atoms with E-state index >= 15 is 0 Å². The Morgan fingerprint density at radius 2 is 2.00 bits per heavy atom. The topological polar surface area (TPSA) is 41.6 Å². The first kappa shape index (κ1) is 10.3. The summed E-state index contributed by atoms with van der Waals surface area (Å²) in [4.78, 5) is 0. The molecule has 80 valence electrons. The second kappa shape index (κ2) is 4.11. The molecule has 0 radical (unpaired) electrons. The van der Waals surface area contributed by atoms with Gasteiger partial charge in [-0.1, -0.05) is 0 Å². The van der Waals surface area contributed by atoms with Crippen LogP contribution in [0.25, 0.3) is 0 Å². The van der Waals surface area contributed by atoms with E-state index in [1.165, 1.54) is 6.07 Å².